The molecule has 0 spiro atoms. The predicted molar refractivity (Wildman–Crippen MR) is 200 cm³/mol. The lowest BCUT2D eigenvalue weighted by Gasteiger charge is -2.39. The van der Waals surface area contributed by atoms with Crippen LogP contribution in [0.2, 0.25) is 18.1 Å². The zero-order valence-corrected chi connectivity index (χ0v) is 33.3. The number of aliphatic carboxylic acids is 1. The Morgan fingerprint density at radius 2 is 1.74 bits per heavy atom. The van der Waals surface area contributed by atoms with Crippen LogP contribution in [0.1, 0.15) is 103 Å². The molecule has 266 valence electrons. The number of unbranched alkanes of at least 4 members (excludes halogenated alkanes) is 1. The number of hydrogen-bond donors (Lipinski definition) is 1. The molecule has 1 saturated carbocycles. The fourth-order valence-electron chi connectivity index (χ4n) is 6.50. The minimum absolute atomic E-state index is 0.00189. The van der Waals surface area contributed by atoms with Gasteiger partial charge in [-0.05, 0) is 129 Å². The second kappa shape index (κ2) is 19.1. The van der Waals surface area contributed by atoms with E-state index >= 15 is 0 Å². The third kappa shape index (κ3) is 12.9. The Balaban J connectivity index is 1.58. The van der Waals surface area contributed by atoms with Crippen molar-refractivity contribution in [2.45, 2.75) is 153 Å². The molecule has 2 aliphatic heterocycles. The third-order valence-electron chi connectivity index (χ3n) is 10.2. The van der Waals surface area contributed by atoms with Crippen molar-refractivity contribution in [3.63, 3.8) is 0 Å². The fourth-order valence-corrected chi connectivity index (χ4v) is 9.58. The first-order chi connectivity index (χ1) is 22.4. The van der Waals surface area contributed by atoms with E-state index in [-0.39, 0.29) is 54.2 Å². The summed E-state index contributed by atoms with van der Waals surface area (Å²) in [7, 11) is -2.03. The number of rotatable bonds is 17. The van der Waals surface area contributed by atoms with Crippen molar-refractivity contribution >= 4 is 48.2 Å². The van der Waals surface area contributed by atoms with Crippen LogP contribution in [-0.4, -0.2) is 63.5 Å². The number of aryl methyl sites for hydroxylation is 1. The minimum atomic E-state index is -2.03. The van der Waals surface area contributed by atoms with Gasteiger partial charge in [0.2, 0.25) is 0 Å². The molecule has 3 heterocycles. The summed E-state index contributed by atoms with van der Waals surface area (Å²) >= 11 is 4.27. The van der Waals surface area contributed by atoms with Crippen LogP contribution in [0.25, 0.3) is 0 Å². The standard InChI is InChI=1S/C37H59IO7SSi/c1-37(2,3)47(4,5)45-27(18-20-28-21-23-33(38)46-28)19-22-30-29(14-8-6-7-9-15-34(39)40)31(43-35-16-10-12-24-41-35)26-32(30)44-36-17-11-13-25-42-36/h6,8,19,21-23,27,29-32,35-36H,7,9-18,20,24-26H2,1-5H3,(H,39,40)/t27?,29-,30-,31+,32-,35?,36?/m1/s1. The van der Waals surface area contributed by atoms with E-state index < -0.39 is 14.3 Å². The van der Waals surface area contributed by atoms with Crippen LogP contribution in [0.15, 0.2) is 36.4 Å². The highest BCUT2D eigenvalue weighted by Gasteiger charge is 2.45. The molecule has 10 heteroatoms. The number of thiophene rings is 1. The van der Waals surface area contributed by atoms with Crippen LogP contribution in [-0.2, 0) is 34.6 Å². The molecule has 1 aliphatic carbocycles. The normalized spacial score (nSPS) is 28.4. The van der Waals surface area contributed by atoms with Crippen molar-refractivity contribution in [3.8, 4) is 0 Å². The molecule has 0 amide bonds. The van der Waals surface area contributed by atoms with Gasteiger partial charge in [-0.1, -0.05) is 45.1 Å². The number of halogens is 1. The van der Waals surface area contributed by atoms with Crippen LogP contribution < -0.4 is 0 Å². The molecule has 7 nitrogen and oxygen atoms in total. The zero-order chi connectivity index (χ0) is 33.9. The summed E-state index contributed by atoms with van der Waals surface area (Å²) in [5.41, 5.74) is 0. The Morgan fingerprint density at radius 3 is 2.32 bits per heavy atom. The number of carboxylic acid groups (broad SMARTS) is 1. The van der Waals surface area contributed by atoms with Crippen molar-refractivity contribution in [2.75, 3.05) is 13.2 Å². The van der Waals surface area contributed by atoms with Crippen molar-refractivity contribution in [1.29, 1.82) is 0 Å². The molecule has 3 fully saturated rings. The highest BCUT2D eigenvalue weighted by Crippen LogP contribution is 2.43. The Labute approximate surface area is 302 Å². The number of allylic oxidation sites excluding steroid dienone is 2. The van der Waals surface area contributed by atoms with Gasteiger partial charge in [0.05, 0.1) is 21.2 Å². The van der Waals surface area contributed by atoms with Crippen molar-refractivity contribution < 1.29 is 33.3 Å². The lowest BCUT2D eigenvalue weighted by Crippen LogP contribution is -2.43. The predicted octanol–water partition coefficient (Wildman–Crippen LogP) is 9.89. The van der Waals surface area contributed by atoms with Crippen LogP contribution in [0.4, 0.5) is 0 Å². The third-order valence-corrected chi connectivity index (χ3v) is 16.7. The van der Waals surface area contributed by atoms with Gasteiger partial charge >= 0.3 is 5.97 Å². The van der Waals surface area contributed by atoms with E-state index in [0.717, 1.165) is 83.8 Å². The van der Waals surface area contributed by atoms with E-state index in [1.54, 1.807) is 0 Å². The molecule has 1 aromatic rings. The van der Waals surface area contributed by atoms with Gasteiger partial charge in [0.25, 0.3) is 0 Å². The fraction of sp³-hybridized carbons (Fsp3) is 0.757. The molecule has 47 heavy (non-hydrogen) atoms. The zero-order valence-electron chi connectivity index (χ0n) is 29.3. The van der Waals surface area contributed by atoms with Crippen molar-refractivity contribution in [2.24, 2.45) is 11.8 Å². The molecule has 4 rings (SSSR count). The maximum absolute atomic E-state index is 11.0. The van der Waals surface area contributed by atoms with E-state index in [1.165, 1.54) is 7.76 Å². The summed E-state index contributed by atoms with van der Waals surface area (Å²) in [4.78, 5) is 12.4. The first-order valence-electron chi connectivity index (χ1n) is 17.9. The largest absolute Gasteiger partial charge is 0.481 e. The Bertz CT molecular complexity index is 1140. The maximum Gasteiger partial charge on any atom is 0.303 e. The molecule has 0 aromatic carbocycles. The number of ether oxygens (including phenoxy) is 4. The van der Waals surface area contributed by atoms with Gasteiger partial charge in [0.1, 0.15) is 0 Å². The lowest BCUT2D eigenvalue weighted by molar-refractivity contribution is -0.203. The van der Waals surface area contributed by atoms with Crippen molar-refractivity contribution in [1.82, 2.24) is 0 Å². The molecule has 1 aromatic heterocycles. The van der Waals surface area contributed by atoms with E-state index in [9.17, 15) is 4.79 Å². The Morgan fingerprint density at radius 1 is 1.06 bits per heavy atom. The summed E-state index contributed by atoms with van der Waals surface area (Å²) in [6, 6.07) is 4.45. The van der Waals surface area contributed by atoms with E-state index in [2.05, 4.69) is 92.9 Å². The average Bonchev–Trinajstić information content (AvgIpc) is 3.58. The molecular formula is C37H59IO7SSi. The van der Waals surface area contributed by atoms with Gasteiger partial charge in [0.15, 0.2) is 20.9 Å². The first kappa shape index (κ1) is 39.2. The second-order valence-corrected chi connectivity index (χ2v) is 22.8. The summed E-state index contributed by atoms with van der Waals surface area (Å²) in [6.07, 6.45) is 20.2. The monoisotopic (exact) mass is 802 g/mol. The van der Waals surface area contributed by atoms with Gasteiger partial charge < -0.3 is 28.5 Å². The van der Waals surface area contributed by atoms with Gasteiger partial charge in [-0.2, -0.15) is 0 Å². The molecule has 0 radical (unpaired) electrons. The average molecular weight is 803 g/mol. The molecule has 0 bridgehead atoms. The smallest absolute Gasteiger partial charge is 0.303 e. The highest BCUT2D eigenvalue weighted by molar-refractivity contribution is 14.1. The lowest BCUT2D eigenvalue weighted by atomic mass is 9.89. The van der Waals surface area contributed by atoms with Gasteiger partial charge in [-0.25, -0.2) is 0 Å². The van der Waals surface area contributed by atoms with Crippen LogP contribution in [0, 0.1) is 14.7 Å². The Hall–Kier alpha value is -0.603. The number of carboxylic acids is 1. The molecule has 1 N–H and O–H groups in total. The highest BCUT2D eigenvalue weighted by atomic mass is 127. The summed E-state index contributed by atoms with van der Waals surface area (Å²) < 4.78 is 34.1. The summed E-state index contributed by atoms with van der Waals surface area (Å²) in [5, 5.41) is 9.18. The minimum Gasteiger partial charge on any atom is -0.481 e. The molecule has 3 unspecified atom stereocenters. The van der Waals surface area contributed by atoms with E-state index in [4.69, 9.17) is 28.5 Å². The maximum atomic E-state index is 11.0. The molecule has 2 saturated heterocycles. The van der Waals surface area contributed by atoms with Crippen molar-refractivity contribution in [3.05, 3.63) is 44.2 Å². The quantitative estimate of drug-likeness (QED) is 0.0727. The molecule has 7 atom stereocenters. The summed E-state index contributed by atoms with van der Waals surface area (Å²) in [6.45, 7) is 13.1. The second-order valence-electron chi connectivity index (χ2n) is 15.0. The number of carbonyl (C=O) groups is 1. The Kier molecular flexibility index (Phi) is 15.9. The number of hydrogen-bond acceptors (Lipinski definition) is 7. The first-order valence-corrected chi connectivity index (χ1v) is 22.7. The van der Waals surface area contributed by atoms with Gasteiger partial charge in [-0.15, -0.1) is 11.3 Å². The van der Waals surface area contributed by atoms with Crippen LogP contribution >= 0.6 is 33.9 Å². The van der Waals surface area contributed by atoms with E-state index in [0.29, 0.717) is 6.42 Å². The van der Waals surface area contributed by atoms with Crippen LogP contribution in [0.3, 0.4) is 0 Å². The SMILES string of the molecule is CC(C)(C)[Si](C)(C)OC(C=C[C@@H]1[C@@H](CC=CCCCC(=O)O)[C@@H](OC2CCCCO2)C[C@H]1OC1CCCCO1)CCc1ccc(I)s1. The molecule has 3 aliphatic rings. The molecular weight excluding hydrogens is 743 g/mol. The summed E-state index contributed by atoms with van der Waals surface area (Å²) in [5.74, 6) is -0.409. The topological polar surface area (TPSA) is 83.5 Å². The van der Waals surface area contributed by atoms with Gasteiger partial charge in [-0.3, -0.25) is 4.79 Å². The van der Waals surface area contributed by atoms with E-state index in [1.807, 2.05) is 11.3 Å². The van der Waals surface area contributed by atoms with Crippen LogP contribution in [0.5, 0.6) is 0 Å². The van der Waals surface area contributed by atoms with Gasteiger partial charge in [0, 0.05) is 36.9 Å².